The van der Waals surface area contributed by atoms with E-state index in [-0.39, 0.29) is 0 Å². The molecule has 1 aromatic carbocycles. The molecule has 1 atom stereocenters. The van der Waals surface area contributed by atoms with Gasteiger partial charge in [-0.15, -0.1) is 0 Å². The van der Waals surface area contributed by atoms with Gasteiger partial charge in [0.05, 0.1) is 0 Å². The molecule has 0 amide bonds. The highest BCUT2D eigenvalue weighted by Gasteiger charge is 2.17. The molecule has 2 aliphatic rings. The lowest BCUT2D eigenvalue weighted by molar-refractivity contribution is 0.763. The van der Waals surface area contributed by atoms with Crippen LogP contribution in [0.15, 0.2) is 24.3 Å². The summed E-state index contributed by atoms with van der Waals surface area (Å²) in [6.07, 6.45) is 4.01. The minimum Gasteiger partial charge on any atom is -0.372 e. The van der Waals surface area contributed by atoms with Crippen LogP contribution in [0.25, 0.3) is 0 Å². The van der Waals surface area contributed by atoms with Crippen molar-refractivity contribution in [2.24, 2.45) is 0 Å². The van der Waals surface area contributed by atoms with E-state index in [4.69, 9.17) is 0 Å². The van der Waals surface area contributed by atoms with Crippen molar-refractivity contribution < 1.29 is 0 Å². The zero-order chi connectivity index (χ0) is 10.8. The van der Waals surface area contributed by atoms with Gasteiger partial charge in [0.2, 0.25) is 0 Å². The largest absolute Gasteiger partial charge is 0.372 e. The first-order chi connectivity index (χ1) is 7.93. The molecule has 0 radical (unpaired) electrons. The Bertz CT molecular complexity index is 297. The summed E-state index contributed by atoms with van der Waals surface area (Å²) >= 11 is 0. The molecule has 0 spiro atoms. The minimum atomic E-state index is 0.743. The van der Waals surface area contributed by atoms with E-state index < -0.39 is 0 Å². The summed E-state index contributed by atoms with van der Waals surface area (Å²) in [5.41, 5.74) is 2.92. The Labute approximate surface area is 97.6 Å². The van der Waals surface area contributed by atoms with Crippen LogP contribution >= 0.6 is 0 Å². The molecule has 0 bridgehead atoms. The highest BCUT2D eigenvalue weighted by atomic mass is 15.1. The third-order valence-corrected chi connectivity index (χ3v) is 3.90. The van der Waals surface area contributed by atoms with Gasteiger partial charge in [-0.05, 0) is 49.4 Å². The van der Waals surface area contributed by atoms with Crippen molar-refractivity contribution in [1.29, 1.82) is 0 Å². The molecule has 2 heterocycles. The molecule has 2 aliphatic heterocycles. The van der Waals surface area contributed by atoms with Crippen molar-refractivity contribution in [1.82, 2.24) is 5.32 Å². The molecule has 2 saturated heterocycles. The zero-order valence-corrected chi connectivity index (χ0v) is 9.78. The van der Waals surface area contributed by atoms with Gasteiger partial charge in [0.1, 0.15) is 0 Å². The molecule has 1 N–H and O–H groups in total. The van der Waals surface area contributed by atoms with Crippen LogP contribution in [0.1, 0.15) is 30.7 Å². The fourth-order valence-electron chi connectivity index (χ4n) is 2.87. The normalized spacial score (nSPS) is 25.2. The molecule has 0 aromatic heterocycles. The Morgan fingerprint density at radius 1 is 1.06 bits per heavy atom. The molecular weight excluding hydrogens is 196 g/mol. The first kappa shape index (κ1) is 10.2. The summed E-state index contributed by atoms with van der Waals surface area (Å²) in [5, 5.41) is 3.43. The molecule has 0 saturated carbocycles. The predicted octanol–water partition coefficient (Wildman–Crippen LogP) is 2.36. The van der Waals surface area contributed by atoms with Gasteiger partial charge in [0.15, 0.2) is 0 Å². The maximum atomic E-state index is 3.43. The smallest absolute Gasteiger partial charge is 0.0366 e. The average molecular weight is 216 g/mol. The summed E-state index contributed by atoms with van der Waals surface area (Å²) in [5.74, 6) is 0.743. The molecule has 2 nitrogen and oxygen atoms in total. The Kier molecular flexibility index (Phi) is 2.83. The standard InChI is InChI=1S/C14H20N2/c1-2-10-16(9-1)14-5-3-12(4-6-14)13-7-8-15-11-13/h3-6,13,15H,1-2,7-11H2. The molecule has 2 heteroatoms. The van der Waals surface area contributed by atoms with Crippen molar-refractivity contribution >= 4 is 5.69 Å². The summed E-state index contributed by atoms with van der Waals surface area (Å²) in [6, 6.07) is 9.26. The van der Waals surface area contributed by atoms with Crippen LogP contribution in [-0.4, -0.2) is 26.2 Å². The van der Waals surface area contributed by atoms with Gasteiger partial charge >= 0.3 is 0 Å². The molecule has 2 fully saturated rings. The number of hydrogen-bond donors (Lipinski definition) is 1. The number of nitrogens with one attached hydrogen (secondary N) is 1. The summed E-state index contributed by atoms with van der Waals surface area (Å²) < 4.78 is 0. The van der Waals surface area contributed by atoms with Crippen molar-refractivity contribution in [2.45, 2.75) is 25.2 Å². The van der Waals surface area contributed by atoms with E-state index in [0.717, 1.165) is 12.5 Å². The molecule has 3 rings (SSSR count). The van der Waals surface area contributed by atoms with E-state index in [1.165, 1.54) is 50.1 Å². The summed E-state index contributed by atoms with van der Waals surface area (Å²) in [6.45, 7) is 4.82. The van der Waals surface area contributed by atoms with Gasteiger partial charge in [0.25, 0.3) is 0 Å². The van der Waals surface area contributed by atoms with Crippen molar-refractivity contribution in [3.8, 4) is 0 Å². The molecule has 16 heavy (non-hydrogen) atoms. The Balaban J connectivity index is 1.73. The van der Waals surface area contributed by atoms with Crippen molar-refractivity contribution in [2.75, 3.05) is 31.1 Å². The zero-order valence-electron chi connectivity index (χ0n) is 9.78. The second-order valence-corrected chi connectivity index (χ2v) is 4.98. The Morgan fingerprint density at radius 2 is 1.81 bits per heavy atom. The maximum absolute atomic E-state index is 3.43. The lowest BCUT2D eigenvalue weighted by Crippen LogP contribution is -2.17. The van der Waals surface area contributed by atoms with Gasteiger partial charge in [-0.25, -0.2) is 0 Å². The van der Waals surface area contributed by atoms with E-state index >= 15 is 0 Å². The average Bonchev–Trinajstić information content (AvgIpc) is 3.03. The lowest BCUT2D eigenvalue weighted by Gasteiger charge is -2.18. The summed E-state index contributed by atoms with van der Waals surface area (Å²) in [4.78, 5) is 2.50. The van der Waals surface area contributed by atoms with Crippen molar-refractivity contribution in [3.63, 3.8) is 0 Å². The van der Waals surface area contributed by atoms with E-state index in [1.54, 1.807) is 0 Å². The lowest BCUT2D eigenvalue weighted by atomic mass is 9.98. The molecular formula is C14H20N2. The maximum Gasteiger partial charge on any atom is 0.0366 e. The number of anilines is 1. The van der Waals surface area contributed by atoms with E-state index in [1.807, 2.05) is 0 Å². The third kappa shape index (κ3) is 1.94. The highest BCUT2D eigenvalue weighted by molar-refractivity contribution is 5.48. The van der Waals surface area contributed by atoms with Crippen LogP contribution in [0.5, 0.6) is 0 Å². The predicted molar refractivity (Wildman–Crippen MR) is 68.1 cm³/mol. The van der Waals surface area contributed by atoms with Gasteiger partial charge in [0, 0.05) is 25.3 Å². The van der Waals surface area contributed by atoms with Crippen LogP contribution in [0.3, 0.4) is 0 Å². The van der Waals surface area contributed by atoms with E-state index in [9.17, 15) is 0 Å². The molecule has 1 unspecified atom stereocenters. The Morgan fingerprint density at radius 3 is 2.44 bits per heavy atom. The molecule has 0 aliphatic carbocycles. The number of rotatable bonds is 2. The second-order valence-electron chi connectivity index (χ2n) is 4.98. The van der Waals surface area contributed by atoms with Gasteiger partial charge < -0.3 is 10.2 Å². The highest BCUT2D eigenvalue weighted by Crippen LogP contribution is 2.26. The van der Waals surface area contributed by atoms with Crippen LogP contribution in [0, 0.1) is 0 Å². The first-order valence-electron chi connectivity index (χ1n) is 6.49. The van der Waals surface area contributed by atoms with Crippen LogP contribution in [0.2, 0.25) is 0 Å². The second kappa shape index (κ2) is 4.46. The Hall–Kier alpha value is -1.02. The summed E-state index contributed by atoms with van der Waals surface area (Å²) in [7, 11) is 0. The van der Waals surface area contributed by atoms with Gasteiger partial charge in [-0.1, -0.05) is 12.1 Å². The number of nitrogens with zero attached hydrogens (tertiary/aromatic N) is 1. The quantitative estimate of drug-likeness (QED) is 0.816. The van der Waals surface area contributed by atoms with Crippen LogP contribution in [0.4, 0.5) is 5.69 Å². The molecule has 1 aromatic rings. The first-order valence-corrected chi connectivity index (χ1v) is 6.49. The van der Waals surface area contributed by atoms with Gasteiger partial charge in [-0.3, -0.25) is 0 Å². The van der Waals surface area contributed by atoms with Gasteiger partial charge in [-0.2, -0.15) is 0 Å². The SMILES string of the molecule is c1cc(N2CCCC2)ccc1C1CCNC1. The monoisotopic (exact) mass is 216 g/mol. The third-order valence-electron chi connectivity index (χ3n) is 3.90. The van der Waals surface area contributed by atoms with Crippen molar-refractivity contribution in [3.05, 3.63) is 29.8 Å². The van der Waals surface area contributed by atoms with E-state index in [2.05, 4.69) is 34.5 Å². The number of benzene rings is 1. The molecule has 86 valence electrons. The minimum absolute atomic E-state index is 0.743. The van der Waals surface area contributed by atoms with E-state index in [0.29, 0.717) is 0 Å². The van der Waals surface area contributed by atoms with Crippen LogP contribution in [-0.2, 0) is 0 Å². The number of hydrogen-bond acceptors (Lipinski definition) is 2. The topological polar surface area (TPSA) is 15.3 Å². The fourth-order valence-corrected chi connectivity index (χ4v) is 2.87. The van der Waals surface area contributed by atoms with Crippen LogP contribution < -0.4 is 10.2 Å². The fraction of sp³-hybridized carbons (Fsp3) is 0.571.